The summed E-state index contributed by atoms with van der Waals surface area (Å²) in [7, 11) is 5.99. The van der Waals surface area contributed by atoms with E-state index in [0.717, 1.165) is 29.2 Å². The summed E-state index contributed by atoms with van der Waals surface area (Å²) < 4.78 is 18.5. The van der Waals surface area contributed by atoms with Crippen molar-refractivity contribution in [3.63, 3.8) is 0 Å². The second-order valence-electron chi connectivity index (χ2n) is 8.05. The van der Waals surface area contributed by atoms with E-state index in [4.69, 9.17) is 14.2 Å². The number of hydrogen-bond donors (Lipinski definition) is 1. The normalized spacial score (nSPS) is 15.4. The lowest BCUT2D eigenvalue weighted by Crippen LogP contribution is -2.38. The fourth-order valence-corrected chi connectivity index (χ4v) is 4.70. The van der Waals surface area contributed by atoms with Gasteiger partial charge >= 0.3 is 5.69 Å². The van der Waals surface area contributed by atoms with Crippen LogP contribution in [0.2, 0.25) is 0 Å². The summed E-state index contributed by atoms with van der Waals surface area (Å²) in [6.07, 6.45) is 1.94. The number of amides is 1. The van der Waals surface area contributed by atoms with Crippen molar-refractivity contribution in [3.05, 3.63) is 39.0 Å². The third-order valence-electron chi connectivity index (χ3n) is 5.80. The first kappa shape index (κ1) is 24.7. The van der Waals surface area contributed by atoms with Crippen LogP contribution in [0.3, 0.4) is 0 Å². The van der Waals surface area contributed by atoms with Crippen LogP contribution < -0.4 is 26.0 Å². The highest BCUT2D eigenvalue weighted by molar-refractivity contribution is 8.00. The van der Waals surface area contributed by atoms with E-state index >= 15 is 0 Å². The standard InChI is InChI=1S/C23H27N5O6S/c1-27-20-18(22(30)28(2)23(27)31)21(35-12-17(29)24-11-14-6-5-9-34-14)26-19(25-20)13-7-8-15(32-3)16(10-13)33-4/h7-8,10,14H,5-6,9,11-12H2,1-4H3,(H,24,29). The van der Waals surface area contributed by atoms with Gasteiger partial charge in [-0.15, -0.1) is 0 Å². The molecular formula is C23H27N5O6S. The van der Waals surface area contributed by atoms with Crippen molar-refractivity contribution in [1.82, 2.24) is 24.4 Å². The Labute approximate surface area is 205 Å². The first-order valence-electron chi connectivity index (χ1n) is 11.0. The molecule has 35 heavy (non-hydrogen) atoms. The third kappa shape index (κ3) is 5.03. The van der Waals surface area contributed by atoms with E-state index in [1.807, 2.05) is 0 Å². The highest BCUT2D eigenvalue weighted by atomic mass is 32.2. The van der Waals surface area contributed by atoms with Crippen molar-refractivity contribution in [2.45, 2.75) is 24.0 Å². The molecule has 11 nitrogen and oxygen atoms in total. The minimum Gasteiger partial charge on any atom is -0.493 e. The number of aryl methyl sites for hydroxylation is 1. The summed E-state index contributed by atoms with van der Waals surface area (Å²) in [5.74, 6) is 1.14. The highest BCUT2D eigenvalue weighted by Crippen LogP contribution is 2.32. The van der Waals surface area contributed by atoms with Gasteiger partial charge in [0, 0.05) is 32.8 Å². The number of nitrogens with one attached hydrogen (secondary N) is 1. The molecule has 1 unspecified atom stereocenters. The van der Waals surface area contributed by atoms with E-state index in [-0.39, 0.29) is 34.6 Å². The fourth-order valence-electron chi connectivity index (χ4n) is 3.86. The van der Waals surface area contributed by atoms with Gasteiger partial charge in [-0.05, 0) is 31.0 Å². The predicted octanol–water partition coefficient (Wildman–Crippen LogP) is 1.10. The van der Waals surface area contributed by atoms with Crippen LogP contribution >= 0.6 is 11.8 Å². The van der Waals surface area contributed by atoms with Gasteiger partial charge < -0.3 is 19.5 Å². The molecule has 2 aromatic heterocycles. The molecule has 1 N–H and O–H groups in total. The molecule has 1 aliphatic rings. The molecular weight excluding hydrogens is 474 g/mol. The smallest absolute Gasteiger partial charge is 0.332 e. The quantitative estimate of drug-likeness (QED) is 0.357. The number of nitrogens with zero attached hydrogens (tertiary/aromatic N) is 4. The molecule has 0 aliphatic carbocycles. The number of ether oxygens (including phenoxy) is 3. The molecule has 1 fully saturated rings. The lowest BCUT2D eigenvalue weighted by molar-refractivity contribution is -0.119. The number of methoxy groups -OCH3 is 2. The number of rotatable bonds is 8. The first-order valence-corrected chi connectivity index (χ1v) is 12.0. The SMILES string of the molecule is COc1ccc(-c2nc(SCC(=O)NCC3CCCO3)c3c(=O)n(C)c(=O)n(C)c3n2)cc1OC. The average molecular weight is 502 g/mol. The number of hydrogen-bond acceptors (Lipinski definition) is 9. The Morgan fingerprint density at radius 2 is 1.94 bits per heavy atom. The van der Waals surface area contributed by atoms with Gasteiger partial charge in [-0.1, -0.05) is 11.8 Å². The monoisotopic (exact) mass is 501 g/mol. The Kier molecular flexibility index (Phi) is 7.41. The van der Waals surface area contributed by atoms with Gasteiger partial charge in [0.05, 0.1) is 26.1 Å². The van der Waals surface area contributed by atoms with Crippen molar-refractivity contribution in [1.29, 1.82) is 0 Å². The minimum absolute atomic E-state index is 0.0299. The van der Waals surface area contributed by atoms with Crippen LogP contribution in [0.4, 0.5) is 0 Å². The molecule has 0 radical (unpaired) electrons. The second kappa shape index (κ2) is 10.5. The van der Waals surface area contributed by atoms with Gasteiger partial charge in [0.15, 0.2) is 23.0 Å². The van der Waals surface area contributed by atoms with Gasteiger partial charge in [0.2, 0.25) is 5.91 Å². The lowest BCUT2D eigenvalue weighted by Gasteiger charge is -2.14. The Morgan fingerprint density at radius 3 is 2.63 bits per heavy atom. The molecule has 3 aromatic rings. The Balaban J connectivity index is 1.73. The summed E-state index contributed by atoms with van der Waals surface area (Å²) in [4.78, 5) is 47.2. The molecule has 1 atom stereocenters. The van der Waals surface area contributed by atoms with E-state index in [9.17, 15) is 14.4 Å². The number of carbonyl (C=O) groups is 1. The number of thioether (sulfide) groups is 1. The molecule has 3 heterocycles. The highest BCUT2D eigenvalue weighted by Gasteiger charge is 2.21. The molecule has 0 spiro atoms. The molecule has 186 valence electrons. The lowest BCUT2D eigenvalue weighted by atomic mass is 10.2. The molecule has 1 aliphatic heterocycles. The van der Waals surface area contributed by atoms with Gasteiger partial charge in [0.1, 0.15) is 10.4 Å². The zero-order valence-corrected chi connectivity index (χ0v) is 20.8. The summed E-state index contributed by atoms with van der Waals surface area (Å²) in [6.45, 7) is 1.15. The first-order chi connectivity index (χ1) is 16.8. The van der Waals surface area contributed by atoms with Crippen LogP contribution in [0.15, 0.2) is 32.8 Å². The number of benzene rings is 1. The molecule has 1 saturated heterocycles. The molecule has 1 amide bonds. The zero-order chi connectivity index (χ0) is 25.1. The van der Waals surface area contributed by atoms with Crippen LogP contribution in [-0.2, 0) is 23.6 Å². The van der Waals surface area contributed by atoms with E-state index in [0.29, 0.717) is 35.2 Å². The van der Waals surface area contributed by atoms with E-state index in [1.54, 1.807) is 18.2 Å². The van der Waals surface area contributed by atoms with Gasteiger partial charge in [0.25, 0.3) is 5.56 Å². The average Bonchev–Trinajstić information content (AvgIpc) is 3.41. The zero-order valence-electron chi connectivity index (χ0n) is 20.0. The fraction of sp³-hybridized carbons (Fsp3) is 0.435. The summed E-state index contributed by atoms with van der Waals surface area (Å²) in [5, 5.41) is 3.35. The van der Waals surface area contributed by atoms with Crippen molar-refractivity contribution >= 4 is 28.7 Å². The van der Waals surface area contributed by atoms with E-state index in [1.165, 1.54) is 32.9 Å². The Morgan fingerprint density at radius 1 is 1.17 bits per heavy atom. The maximum Gasteiger partial charge on any atom is 0.332 e. The van der Waals surface area contributed by atoms with Crippen molar-refractivity contribution in [2.24, 2.45) is 14.1 Å². The second-order valence-corrected chi connectivity index (χ2v) is 9.02. The van der Waals surface area contributed by atoms with Crippen LogP contribution in [0.5, 0.6) is 11.5 Å². The van der Waals surface area contributed by atoms with Crippen LogP contribution in [0.1, 0.15) is 12.8 Å². The maximum absolute atomic E-state index is 13.0. The van der Waals surface area contributed by atoms with Crippen LogP contribution in [0.25, 0.3) is 22.4 Å². The molecule has 0 saturated carbocycles. The van der Waals surface area contributed by atoms with Crippen molar-refractivity contribution in [3.8, 4) is 22.9 Å². The van der Waals surface area contributed by atoms with E-state index in [2.05, 4.69) is 15.3 Å². The van der Waals surface area contributed by atoms with Gasteiger partial charge in [-0.25, -0.2) is 14.8 Å². The van der Waals surface area contributed by atoms with Crippen LogP contribution in [-0.4, -0.2) is 64.2 Å². The number of fused-ring (bicyclic) bond motifs is 1. The molecule has 4 rings (SSSR count). The number of aromatic nitrogens is 4. The Hall–Kier alpha value is -3.38. The summed E-state index contributed by atoms with van der Waals surface area (Å²) >= 11 is 1.12. The van der Waals surface area contributed by atoms with Crippen molar-refractivity contribution in [2.75, 3.05) is 33.1 Å². The largest absolute Gasteiger partial charge is 0.493 e. The van der Waals surface area contributed by atoms with Crippen LogP contribution in [0, 0.1) is 0 Å². The van der Waals surface area contributed by atoms with Gasteiger partial charge in [-0.3, -0.25) is 18.7 Å². The molecule has 12 heteroatoms. The van der Waals surface area contributed by atoms with E-state index < -0.39 is 11.2 Å². The third-order valence-corrected chi connectivity index (χ3v) is 6.77. The maximum atomic E-state index is 13.0. The predicted molar refractivity (Wildman–Crippen MR) is 131 cm³/mol. The summed E-state index contributed by atoms with van der Waals surface area (Å²) in [5.41, 5.74) is -0.253. The molecule has 0 bridgehead atoms. The summed E-state index contributed by atoms with van der Waals surface area (Å²) in [6, 6.07) is 5.18. The topological polar surface area (TPSA) is 127 Å². The Bertz CT molecular complexity index is 1380. The van der Waals surface area contributed by atoms with Crippen molar-refractivity contribution < 1.29 is 19.0 Å². The minimum atomic E-state index is -0.524. The van der Waals surface area contributed by atoms with Gasteiger partial charge in [-0.2, -0.15) is 0 Å². The molecule has 1 aromatic carbocycles. The number of carbonyl (C=O) groups excluding carboxylic acids is 1.